The summed E-state index contributed by atoms with van der Waals surface area (Å²) in [6.45, 7) is 4.39. The topological polar surface area (TPSA) is 373 Å². The number of aliphatic hydroxyl groups is 2. The number of azo groups is 1. The number of phenolic OH excluding ortho intramolecular Hbond substituents is 3. The Balaban J connectivity index is 0.673. The van der Waals surface area contributed by atoms with E-state index < -0.39 is 105 Å². The van der Waals surface area contributed by atoms with E-state index in [0.29, 0.717) is 55.8 Å². The van der Waals surface area contributed by atoms with Gasteiger partial charge in [0.15, 0.2) is 12.1 Å². The quantitative estimate of drug-likeness (QED) is 0.00961. The van der Waals surface area contributed by atoms with Crippen molar-refractivity contribution in [3.63, 3.8) is 0 Å². The summed E-state index contributed by atoms with van der Waals surface area (Å²) < 4.78 is 79.1. The number of carbonyl (C=O) groups excluding carboxylic acids is 4. The number of aldehydes is 1. The number of rotatable bonds is 32. The van der Waals surface area contributed by atoms with Gasteiger partial charge >= 0.3 is 0 Å². The van der Waals surface area contributed by atoms with Gasteiger partial charge in [-0.3, -0.25) is 19.8 Å². The number of methoxy groups -OCH3 is 1. The van der Waals surface area contributed by atoms with Crippen molar-refractivity contribution in [2.45, 2.75) is 79.8 Å². The molecule has 10 N–H and O–H groups in total. The summed E-state index contributed by atoms with van der Waals surface area (Å²) in [6.07, 6.45) is -5.28. The number of hydrazine groups is 1. The van der Waals surface area contributed by atoms with Crippen molar-refractivity contribution < 1.29 is 95.8 Å². The highest BCUT2D eigenvalue weighted by Gasteiger charge is 2.51. The van der Waals surface area contributed by atoms with Crippen molar-refractivity contribution in [2.24, 2.45) is 16.0 Å². The van der Waals surface area contributed by atoms with E-state index in [4.69, 9.17) is 48.4 Å². The lowest BCUT2D eigenvalue weighted by atomic mass is 9.71. The minimum absolute atomic E-state index is 0.0308. The lowest BCUT2D eigenvalue weighted by molar-refractivity contribution is -0.248. The number of hydrogen-bond donors (Lipinski definition) is 9. The van der Waals surface area contributed by atoms with Gasteiger partial charge in [0, 0.05) is 53.9 Å². The van der Waals surface area contributed by atoms with Crippen molar-refractivity contribution in [3.8, 4) is 23.0 Å². The third-order valence-electron chi connectivity index (χ3n) is 14.4. The van der Waals surface area contributed by atoms with Crippen LogP contribution < -0.4 is 26.0 Å². The monoisotopic (exact) mass is 1200 g/mol. The number of nitrogens with zero attached hydrogens (tertiary/aromatic N) is 2. The molecular formula is C58H70N6O20S. The fourth-order valence-corrected chi connectivity index (χ4v) is 11.1. The number of fused-ring (bicyclic) bond motifs is 4. The number of nitrogens with two attached hydrogens (primary N) is 1. The second kappa shape index (κ2) is 29.9. The van der Waals surface area contributed by atoms with Crippen molar-refractivity contribution in [3.05, 3.63) is 112 Å². The number of phenols is 3. The fourth-order valence-electron chi connectivity index (χ4n) is 10.0. The average molecular weight is 1200 g/mol. The zero-order valence-electron chi connectivity index (χ0n) is 46.8. The number of sulfonamides is 1. The van der Waals surface area contributed by atoms with Crippen molar-refractivity contribution >= 4 is 55.9 Å². The standard InChI is InChI=1S/C58H70N6O20S/c1-34-53(68)41(59)30-47(83-34)84-44-32-58(73,31-40-49(44)57(72)51-50(55(40)70)54(69)39-9-6-10-43(76-2)48(39)56(51)71)45(33-65)62-63-46(67)15-17-77-19-21-79-23-25-81-27-28-82-26-24-80-22-20-78-18-16-60-85(74,75)37-12-13-38-35(29-37)11-14-42(66)52(38)64-61-36-7-4-3-5-8-36/h3-14,29,33-34,41,44-45,47,53,60,62,66,68,70,72-73H,15-28,30-32,59H2,1-2H3,(H,63,67)/t34?,41-,44+,45?,47+,53-,58-/m1/s1. The van der Waals surface area contributed by atoms with Gasteiger partial charge in [0.1, 0.15) is 41.0 Å². The molecule has 27 heteroatoms. The Labute approximate surface area is 489 Å². The Morgan fingerprint density at radius 2 is 1.44 bits per heavy atom. The van der Waals surface area contributed by atoms with E-state index >= 15 is 0 Å². The van der Waals surface area contributed by atoms with Gasteiger partial charge in [0.25, 0.3) is 0 Å². The van der Waals surface area contributed by atoms with Gasteiger partial charge < -0.3 is 78.7 Å². The van der Waals surface area contributed by atoms with Crippen LogP contribution in [0.5, 0.6) is 23.0 Å². The van der Waals surface area contributed by atoms with Crippen LogP contribution in [0.3, 0.4) is 0 Å². The number of aromatic hydroxyl groups is 3. The summed E-state index contributed by atoms with van der Waals surface area (Å²) in [4.78, 5) is 53.7. The van der Waals surface area contributed by atoms with Crippen LogP contribution in [0.4, 0.5) is 11.4 Å². The molecule has 0 bridgehead atoms. The van der Waals surface area contributed by atoms with Crippen LogP contribution in [0.25, 0.3) is 10.8 Å². The van der Waals surface area contributed by atoms with E-state index in [1.165, 1.54) is 43.5 Å². The number of nitrogens with one attached hydrogen (secondary N) is 3. The van der Waals surface area contributed by atoms with Crippen molar-refractivity contribution in [2.75, 3.05) is 92.9 Å². The maximum Gasteiger partial charge on any atom is 0.240 e. The number of carbonyl (C=O) groups is 4. The predicted octanol–water partition coefficient (Wildman–Crippen LogP) is 3.37. The van der Waals surface area contributed by atoms with Crippen LogP contribution in [0, 0.1) is 0 Å². The Morgan fingerprint density at radius 1 is 0.800 bits per heavy atom. The van der Waals surface area contributed by atoms with E-state index in [2.05, 4.69) is 25.8 Å². The Kier molecular flexibility index (Phi) is 22.6. The summed E-state index contributed by atoms with van der Waals surface area (Å²) >= 11 is 0. The second-order valence-electron chi connectivity index (χ2n) is 20.1. The highest BCUT2D eigenvalue weighted by Crippen LogP contribution is 2.53. The molecule has 1 amide bonds. The van der Waals surface area contributed by atoms with Gasteiger partial charge in [-0.2, -0.15) is 5.11 Å². The number of benzene rings is 5. The van der Waals surface area contributed by atoms with Gasteiger partial charge in [-0.1, -0.05) is 42.5 Å². The van der Waals surface area contributed by atoms with Crippen LogP contribution in [0.1, 0.15) is 75.3 Å². The SMILES string of the molecule is COc1cccc2c1C(=O)c1c(O)c3c(c(O)c1C2=O)C[C@](O)(C(C=O)NNC(=O)CCOCCOCCOCCOCCOCCOCCNS(=O)(=O)c1ccc2c(N=Nc4ccccc4)c(O)ccc2c1)C[C@@H]3O[C@H]1C[C@@H](N)[C@H](O)C(C)O1. The average Bonchev–Trinajstić information content (AvgIpc) is 0.812. The molecule has 26 nitrogen and oxygen atoms in total. The number of ketones is 2. The second-order valence-corrected chi connectivity index (χ2v) is 21.9. The highest BCUT2D eigenvalue weighted by molar-refractivity contribution is 7.89. The lowest BCUT2D eigenvalue weighted by Crippen LogP contribution is -2.60. The molecule has 0 spiro atoms. The molecule has 3 aliphatic rings. The van der Waals surface area contributed by atoms with E-state index in [1.54, 1.807) is 31.2 Å². The predicted molar refractivity (Wildman–Crippen MR) is 302 cm³/mol. The third kappa shape index (κ3) is 15.7. The molecule has 0 aromatic heterocycles. The molecule has 1 heterocycles. The molecule has 2 unspecified atom stereocenters. The number of amides is 1. The maximum atomic E-state index is 14.1. The zero-order chi connectivity index (χ0) is 60.7. The normalized spacial score (nSPS) is 20.7. The molecule has 8 rings (SSSR count). The third-order valence-corrected chi connectivity index (χ3v) is 15.9. The molecular weight excluding hydrogens is 1130 g/mol. The summed E-state index contributed by atoms with van der Waals surface area (Å²) in [6, 6.07) is 18.5. The first-order chi connectivity index (χ1) is 41.0. The van der Waals surface area contributed by atoms with Crippen LogP contribution >= 0.6 is 0 Å². The number of ether oxygens (including phenoxy) is 9. The van der Waals surface area contributed by atoms with Gasteiger partial charge in [0.2, 0.25) is 21.7 Å². The smallest absolute Gasteiger partial charge is 0.240 e. The minimum atomic E-state index is -3.85. The number of aliphatic hydroxyl groups excluding tert-OH is 1. The molecule has 0 radical (unpaired) electrons. The largest absolute Gasteiger partial charge is 0.507 e. The Morgan fingerprint density at radius 3 is 2.07 bits per heavy atom. The molecule has 0 saturated carbocycles. The van der Waals surface area contributed by atoms with Gasteiger partial charge in [-0.25, -0.2) is 18.6 Å². The first-order valence-electron chi connectivity index (χ1n) is 27.5. The summed E-state index contributed by atoms with van der Waals surface area (Å²) in [5.41, 5.74) is 8.18. The first-order valence-corrected chi connectivity index (χ1v) is 29.0. The first kappa shape index (κ1) is 64.1. The molecule has 5 aromatic rings. The molecule has 1 fully saturated rings. The Hall–Kier alpha value is -6.93. The lowest BCUT2D eigenvalue weighted by Gasteiger charge is -2.44. The Bertz CT molecular complexity index is 3290. The molecule has 5 aromatic carbocycles. The summed E-state index contributed by atoms with van der Waals surface area (Å²) in [5, 5.41) is 66.3. The van der Waals surface area contributed by atoms with E-state index in [1.807, 2.05) is 18.2 Å². The maximum absolute atomic E-state index is 14.1. The molecule has 1 aliphatic heterocycles. The summed E-state index contributed by atoms with van der Waals surface area (Å²) in [5.74, 6) is -3.68. The summed E-state index contributed by atoms with van der Waals surface area (Å²) in [7, 11) is -2.54. The minimum Gasteiger partial charge on any atom is -0.507 e. The van der Waals surface area contributed by atoms with Gasteiger partial charge in [-0.15, -0.1) is 5.11 Å². The number of hydrogen-bond acceptors (Lipinski definition) is 24. The van der Waals surface area contributed by atoms with Crippen LogP contribution in [-0.4, -0.2) is 187 Å². The molecule has 2 aliphatic carbocycles. The molecule has 458 valence electrons. The van der Waals surface area contributed by atoms with E-state index in [-0.39, 0.29) is 110 Å². The van der Waals surface area contributed by atoms with E-state index in [0.717, 1.165) is 0 Å². The van der Waals surface area contributed by atoms with Crippen LogP contribution in [0.2, 0.25) is 0 Å². The van der Waals surface area contributed by atoms with Gasteiger partial charge in [-0.05, 0) is 48.7 Å². The van der Waals surface area contributed by atoms with E-state index in [9.17, 15) is 53.1 Å². The molecule has 85 heavy (non-hydrogen) atoms. The highest BCUT2D eigenvalue weighted by atomic mass is 32.2. The fraction of sp³-hybridized carbons (Fsp3) is 0.448. The zero-order valence-corrected chi connectivity index (χ0v) is 47.6. The van der Waals surface area contributed by atoms with Crippen LogP contribution in [0.15, 0.2) is 94.0 Å². The van der Waals surface area contributed by atoms with Crippen LogP contribution in [-0.2, 0) is 63.9 Å². The van der Waals surface area contributed by atoms with Crippen molar-refractivity contribution in [1.82, 2.24) is 15.6 Å². The molecule has 7 atom stereocenters. The van der Waals surface area contributed by atoms with Gasteiger partial charge in [0.05, 0.1) is 144 Å². The molecule has 1 saturated heterocycles. The van der Waals surface area contributed by atoms with Crippen molar-refractivity contribution in [1.29, 1.82) is 0 Å².